The van der Waals surface area contributed by atoms with E-state index in [1.165, 1.54) is 0 Å². The third kappa shape index (κ3) is 3.07. The summed E-state index contributed by atoms with van der Waals surface area (Å²) < 4.78 is 34.5. The van der Waals surface area contributed by atoms with Gasteiger partial charge in [-0.05, 0) is 31.8 Å². The first-order valence-electron chi connectivity index (χ1n) is 6.73. The van der Waals surface area contributed by atoms with Crippen molar-refractivity contribution in [3.8, 4) is 0 Å². The number of hydrogen-bond donors (Lipinski definition) is 1. The zero-order chi connectivity index (χ0) is 14.9. The van der Waals surface area contributed by atoms with Crippen LogP contribution in [0.5, 0.6) is 0 Å². The number of nitrogen functional groups attached to an aromatic ring is 1. The number of rotatable bonds is 4. The molecule has 0 aromatic carbocycles. The molecule has 1 aliphatic rings. The molecular weight excluding hydrogens is 298 g/mol. The Bertz CT molecular complexity index is 561. The lowest BCUT2D eigenvalue weighted by atomic mass is 10.2. The van der Waals surface area contributed by atoms with Crippen LogP contribution in [0.3, 0.4) is 0 Å². The minimum Gasteiger partial charge on any atom is -0.382 e. The van der Waals surface area contributed by atoms with E-state index in [9.17, 15) is 8.42 Å². The minimum atomic E-state index is -3.37. The standard InChI is InChI=1S/C12H21N3O3S2/c1-4-5-20(16,17)10-11(13)14-19-12(10)15-6-8(2)18-9(3)7-15/h8-9H,4-7H2,1-3H3,(H2,13,14). The van der Waals surface area contributed by atoms with Crippen molar-refractivity contribution in [2.45, 2.75) is 44.3 Å². The first kappa shape index (κ1) is 15.5. The van der Waals surface area contributed by atoms with Crippen LogP contribution >= 0.6 is 11.5 Å². The molecule has 20 heavy (non-hydrogen) atoms. The molecule has 2 rings (SSSR count). The molecule has 0 radical (unpaired) electrons. The summed E-state index contributed by atoms with van der Waals surface area (Å²) in [6, 6.07) is 0. The zero-order valence-electron chi connectivity index (χ0n) is 12.0. The van der Waals surface area contributed by atoms with Crippen LogP contribution in [0.1, 0.15) is 27.2 Å². The van der Waals surface area contributed by atoms with Gasteiger partial charge >= 0.3 is 0 Å². The molecule has 2 heterocycles. The Morgan fingerprint density at radius 1 is 1.40 bits per heavy atom. The Hall–Kier alpha value is -0.860. The number of nitrogens with zero attached hydrogens (tertiary/aromatic N) is 2. The molecule has 8 heteroatoms. The summed E-state index contributed by atoms with van der Waals surface area (Å²) in [5.74, 6) is 0.211. The van der Waals surface area contributed by atoms with Crippen LogP contribution in [0.15, 0.2) is 4.90 Å². The fraction of sp³-hybridized carbons (Fsp3) is 0.750. The van der Waals surface area contributed by atoms with Gasteiger partial charge in [-0.1, -0.05) is 6.92 Å². The van der Waals surface area contributed by atoms with Crippen molar-refractivity contribution in [3.63, 3.8) is 0 Å². The second kappa shape index (κ2) is 5.87. The molecule has 0 aliphatic carbocycles. The summed E-state index contributed by atoms with van der Waals surface area (Å²) in [6.07, 6.45) is 0.681. The van der Waals surface area contributed by atoms with Crippen molar-refractivity contribution >= 4 is 32.2 Å². The number of ether oxygens (including phenoxy) is 1. The molecule has 114 valence electrons. The molecule has 0 spiro atoms. The highest BCUT2D eigenvalue weighted by molar-refractivity contribution is 7.91. The number of nitrogens with two attached hydrogens (primary N) is 1. The number of sulfone groups is 1. The van der Waals surface area contributed by atoms with Crippen molar-refractivity contribution in [3.05, 3.63) is 0 Å². The lowest BCUT2D eigenvalue weighted by Crippen LogP contribution is -2.45. The number of anilines is 2. The van der Waals surface area contributed by atoms with E-state index in [4.69, 9.17) is 10.5 Å². The molecule has 0 bridgehead atoms. The van der Waals surface area contributed by atoms with Crippen molar-refractivity contribution in [2.75, 3.05) is 29.5 Å². The van der Waals surface area contributed by atoms with Gasteiger partial charge in [-0.25, -0.2) is 8.42 Å². The first-order chi connectivity index (χ1) is 9.35. The lowest BCUT2D eigenvalue weighted by Gasteiger charge is -2.36. The second-order valence-electron chi connectivity index (χ2n) is 5.18. The van der Waals surface area contributed by atoms with Gasteiger partial charge in [-0.15, -0.1) is 0 Å². The topological polar surface area (TPSA) is 85.5 Å². The van der Waals surface area contributed by atoms with Gasteiger partial charge < -0.3 is 15.4 Å². The monoisotopic (exact) mass is 319 g/mol. The van der Waals surface area contributed by atoms with Gasteiger partial charge in [-0.3, -0.25) is 0 Å². The molecule has 2 atom stereocenters. The Morgan fingerprint density at radius 2 is 2.00 bits per heavy atom. The minimum absolute atomic E-state index is 0.0591. The van der Waals surface area contributed by atoms with E-state index < -0.39 is 9.84 Å². The van der Waals surface area contributed by atoms with Crippen LogP contribution in [0, 0.1) is 0 Å². The highest BCUT2D eigenvalue weighted by Gasteiger charge is 2.31. The molecule has 6 nitrogen and oxygen atoms in total. The third-order valence-electron chi connectivity index (χ3n) is 3.15. The SMILES string of the molecule is CCCS(=O)(=O)c1c(N)nsc1N1CC(C)OC(C)C1. The van der Waals surface area contributed by atoms with Gasteiger partial charge in [0.15, 0.2) is 15.7 Å². The van der Waals surface area contributed by atoms with E-state index in [0.717, 1.165) is 11.5 Å². The summed E-state index contributed by atoms with van der Waals surface area (Å²) in [5, 5.41) is 0.651. The molecule has 0 amide bonds. The van der Waals surface area contributed by atoms with Gasteiger partial charge in [0.2, 0.25) is 0 Å². The highest BCUT2D eigenvalue weighted by Crippen LogP contribution is 2.36. The lowest BCUT2D eigenvalue weighted by molar-refractivity contribution is -0.00514. The van der Waals surface area contributed by atoms with E-state index in [1.807, 2.05) is 25.7 Å². The highest BCUT2D eigenvalue weighted by atomic mass is 32.2. The maximum Gasteiger partial charge on any atom is 0.185 e. The van der Waals surface area contributed by atoms with Crippen molar-refractivity contribution < 1.29 is 13.2 Å². The molecule has 1 aromatic rings. The van der Waals surface area contributed by atoms with Crippen LogP contribution in [0.4, 0.5) is 10.8 Å². The summed E-state index contributed by atoms with van der Waals surface area (Å²) in [4.78, 5) is 2.22. The smallest absolute Gasteiger partial charge is 0.185 e. The van der Waals surface area contributed by atoms with E-state index in [2.05, 4.69) is 4.37 Å². The fourth-order valence-electron chi connectivity index (χ4n) is 2.49. The van der Waals surface area contributed by atoms with Crippen LogP contribution < -0.4 is 10.6 Å². The predicted molar refractivity (Wildman–Crippen MR) is 81.1 cm³/mol. The van der Waals surface area contributed by atoms with Crippen LogP contribution in [0.25, 0.3) is 0 Å². The number of morpholine rings is 1. The van der Waals surface area contributed by atoms with Crippen molar-refractivity contribution in [1.82, 2.24) is 4.37 Å². The van der Waals surface area contributed by atoms with Gasteiger partial charge in [0, 0.05) is 13.1 Å². The van der Waals surface area contributed by atoms with E-state index in [1.54, 1.807) is 0 Å². The Labute approximate surface area is 124 Å². The van der Waals surface area contributed by atoms with Crippen molar-refractivity contribution in [1.29, 1.82) is 0 Å². The molecule has 0 saturated carbocycles. The van der Waals surface area contributed by atoms with Crippen LogP contribution in [-0.4, -0.2) is 43.8 Å². The Morgan fingerprint density at radius 3 is 2.55 bits per heavy atom. The fourth-order valence-corrected chi connectivity index (χ4v) is 5.27. The molecule has 1 fully saturated rings. The van der Waals surface area contributed by atoms with Crippen LogP contribution in [0.2, 0.25) is 0 Å². The Balaban J connectivity index is 2.38. The maximum absolute atomic E-state index is 12.4. The molecule has 1 saturated heterocycles. The van der Waals surface area contributed by atoms with Gasteiger partial charge in [0.25, 0.3) is 0 Å². The summed E-state index contributed by atoms with van der Waals surface area (Å²) in [6.45, 7) is 7.11. The average molecular weight is 319 g/mol. The summed E-state index contributed by atoms with van der Waals surface area (Å²) >= 11 is 1.16. The van der Waals surface area contributed by atoms with Crippen molar-refractivity contribution in [2.24, 2.45) is 0 Å². The van der Waals surface area contributed by atoms with E-state index in [0.29, 0.717) is 24.5 Å². The second-order valence-corrected chi connectivity index (χ2v) is 7.98. The van der Waals surface area contributed by atoms with E-state index >= 15 is 0 Å². The largest absolute Gasteiger partial charge is 0.382 e. The molecule has 2 N–H and O–H groups in total. The summed E-state index contributed by atoms with van der Waals surface area (Å²) in [7, 11) is -3.37. The van der Waals surface area contributed by atoms with E-state index in [-0.39, 0.29) is 28.7 Å². The average Bonchev–Trinajstić information content (AvgIpc) is 2.70. The molecule has 1 aromatic heterocycles. The number of aromatic nitrogens is 1. The number of hydrogen-bond acceptors (Lipinski definition) is 7. The summed E-state index contributed by atoms with van der Waals surface area (Å²) in [5.41, 5.74) is 5.80. The van der Waals surface area contributed by atoms with Gasteiger partial charge in [-0.2, -0.15) is 4.37 Å². The normalized spacial score (nSPS) is 24.1. The molecule has 2 unspecified atom stereocenters. The zero-order valence-corrected chi connectivity index (χ0v) is 13.6. The molecular formula is C12H21N3O3S2. The Kier molecular flexibility index (Phi) is 4.55. The maximum atomic E-state index is 12.4. The predicted octanol–water partition coefficient (Wildman–Crippen LogP) is 1.52. The van der Waals surface area contributed by atoms with Gasteiger partial charge in [0.05, 0.1) is 18.0 Å². The molecule has 1 aliphatic heterocycles. The van der Waals surface area contributed by atoms with Gasteiger partial charge in [0.1, 0.15) is 9.90 Å². The third-order valence-corrected chi connectivity index (χ3v) is 6.17. The van der Waals surface area contributed by atoms with Crippen LogP contribution in [-0.2, 0) is 14.6 Å². The quantitative estimate of drug-likeness (QED) is 0.905. The first-order valence-corrected chi connectivity index (χ1v) is 9.16.